The standard InChI is InChI=1S/C14H19N3O4S/c1-8(7-15)11(18)16-10-3-5-17(12(10)19)13-9(4-6-22-13)14(20)21-2/h4,6,8,10H,3,5,7,15H2,1-2H3,(H,16,18). The molecule has 0 radical (unpaired) electrons. The van der Waals surface area contributed by atoms with Crippen LogP contribution in [0.4, 0.5) is 5.00 Å². The third kappa shape index (κ3) is 3.12. The summed E-state index contributed by atoms with van der Waals surface area (Å²) in [5.74, 6) is -1.27. The van der Waals surface area contributed by atoms with Crippen LogP contribution in [0, 0.1) is 5.92 Å². The number of hydrogen-bond acceptors (Lipinski definition) is 6. The maximum Gasteiger partial charge on any atom is 0.340 e. The Balaban J connectivity index is 2.10. The van der Waals surface area contributed by atoms with Gasteiger partial charge in [-0.3, -0.25) is 9.59 Å². The number of nitrogens with one attached hydrogen (secondary N) is 1. The van der Waals surface area contributed by atoms with E-state index < -0.39 is 12.0 Å². The van der Waals surface area contributed by atoms with Crippen LogP contribution in [0.15, 0.2) is 11.4 Å². The minimum Gasteiger partial charge on any atom is -0.465 e. The zero-order valence-corrected chi connectivity index (χ0v) is 13.3. The molecule has 8 heteroatoms. The summed E-state index contributed by atoms with van der Waals surface area (Å²) in [5.41, 5.74) is 5.81. The zero-order chi connectivity index (χ0) is 16.3. The number of carbonyl (C=O) groups excluding carboxylic acids is 3. The zero-order valence-electron chi connectivity index (χ0n) is 12.5. The monoisotopic (exact) mass is 325 g/mol. The van der Waals surface area contributed by atoms with Crippen molar-refractivity contribution in [2.45, 2.75) is 19.4 Å². The summed E-state index contributed by atoms with van der Waals surface area (Å²) in [6.07, 6.45) is 0.500. The van der Waals surface area contributed by atoms with E-state index in [0.29, 0.717) is 23.5 Å². The predicted molar refractivity (Wildman–Crippen MR) is 82.8 cm³/mol. The van der Waals surface area contributed by atoms with Gasteiger partial charge < -0.3 is 20.7 Å². The summed E-state index contributed by atoms with van der Waals surface area (Å²) in [6, 6.07) is 1.05. The van der Waals surface area contributed by atoms with Gasteiger partial charge in [0.2, 0.25) is 11.8 Å². The molecule has 1 aromatic rings. The SMILES string of the molecule is COC(=O)c1ccsc1N1CCC(NC(=O)C(C)CN)C1=O. The summed E-state index contributed by atoms with van der Waals surface area (Å²) in [7, 11) is 1.30. The molecule has 1 fully saturated rings. The second-order valence-electron chi connectivity index (χ2n) is 5.11. The van der Waals surface area contributed by atoms with Crippen LogP contribution in [0.5, 0.6) is 0 Å². The molecule has 2 amide bonds. The number of methoxy groups -OCH3 is 1. The molecule has 0 bridgehead atoms. The van der Waals surface area contributed by atoms with Gasteiger partial charge in [-0.2, -0.15) is 0 Å². The molecule has 2 rings (SSSR count). The van der Waals surface area contributed by atoms with Gasteiger partial charge in [-0.25, -0.2) is 4.79 Å². The van der Waals surface area contributed by atoms with E-state index in [1.807, 2.05) is 0 Å². The van der Waals surface area contributed by atoms with Crippen molar-refractivity contribution >= 4 is 34.1 Å². The van der Waals surface area contributed by atoms with Gasteiger partial charge in [-0.15, -0.1) is 11.3 Å². The lowest BCUT2D eigenvalue weighted by Gasteiger charge is -2.17. The number of hydrogen-bond donors (Lipinski definition) is 2. The van der Waals surface area contributed by atoms with Crippen molar-refractivity contribution in [3.05, 3.63) is 17.0 Å². The van der Waals surface area contributed by atoms with Gasteiger partial charge in [0, 0.05) is 19.0 Å². The first-order valence-electron chi connectivity index (χ1n) is 6.97. The Morgan fingerprint density at radius 1 is 1.59 bits per heavy atom. The highest BCUT2D eigenvalue weighted by atomic mass is 32.1. The van der Waals surface area contributed by atoms with E-state index in [9.17, 15) is 14.4 Å². The van der Waals surface area contributed by atoms with Crippen molar-refractivity contribution in [1.29, 1.82) is 0 Å². The highest BCUT2D eigenvalue weighted by molar-refractivity contribution is 7.14. The number of nitrogens with two attached hydrogens (primary N) is 1. The summed E-state index contributed by atoms with van der Waals surface area (Å²) in [4.78, 5) is 37.5. The van der Waals surface area contributed by atoms with E-state index >= 15 is 0 Å². The number of anilines is 1. The number of ether oxygens (including phenoxy) is 1. The smallest absolute Gasteiger partial charge is 0.340 e. The van der Waals surface area contributed by atoms with Gasteiger partial charge in [-0.05, 0) is 17.9 Å². The summed E-state index contributed by atoms with van der Waals surface area (Å²) >= 11 is 1.30. The molecule has 120 valence electrons. The fourth-order valence-electron chi connectivity index (χ4n) is 2.21. The molecule has 0 aliphatic carbocycles. The summed E-state index contributed by atoms with van der Waals surface area (Å²) in [6.45, 7) is 2.39. The van der Waals surface area contributed by atoms with Crippen molar-refractivity contribution in [2.75, 3.05) is 25.1 Å². The minimum atomic E-state index is -0.575. The van der Waals surface area contributed by atoms with Crippen molar-refractivity contribution in [3.8, 4) is 0 Å². The Kier molecular flexibility index (Phi) is 5.15. The predicted octanol–water partition coefficient (Wildman–Crippen LogP) is 0.351. The van der Waals surface area contributed by atoms with Crippen LogP contribution in [0.25, 0.3) is 0 Å². The third-order valence-electron chi connectivity index (χ3n) is 3.62. The lowest BCUT2D eigenvalue weighted by molar-refractivity contribution is -0.128. The van der Waals surface area contributed by atoms with E-state index in [1.165, 1.54) is 23.3 Å². The lowest BCUT2D eigenvalue weighted by atomic mass is 10.1. The van der Waals surface area contributed by atoms with Crippen molar-refractivity contribution in [1.82, 2.24) is 5.32 Å². The molecule has 0 saturated carbocycles. The van der Waals surface area contributed by atoms with E-state index in [2.05, 4.69) is 5.32 Å². The number of esters is 1. The Labute approximate surface area is 132 Å². The first kappa shape index (κ1) is 16.4. The van der Waals surface area contributed by atoms with E-state index in [-0.39, 0.29) is 24.3 Å². The summed E-state index contributed by atoms with van der Waals surface area (Å²) < 4.78 is 4.71. The van der Waals surface area contributed by atoms with Crippen LogP contribution in [0.1, 0.15) is 23.7 Å². The third-order valence-corrected chi connectivity index (χ3v) is 4.55. The molecule has 1 aliphatic heterocycles. The molecular weight excluding hydrogens is 306 g/mol. The topological polar surface area (TPSA) is 102 Å². The Hall–Kier alpha value is -1.93. The highest BCUT2D eigenvalue weighted by Crippen LogP contribution is 2.31. The Bertz CT molecular complexity index is 586. The molecule has 22 heavy (non-hydrogen) atoms. The van der Waals surface area contributed by atoms with E-state index in [0.717, 1.165) is 0 Å². The molecule has 0 aromatic carbocycles. The highest BCUT2D eigenvalue weighted by Gasteiger charge is 2.36. The van der Waals surface area contributed by atoms with E-state index in [1.54, 1.807) is 18.4 Å². The molecule has 3 N–H and O–H groups in total. The van der Waals surface area contributed by atoms with Crippen molar-refractivity contribution < 1.29 is 19.1 Å². The average molecular weight is 325 g/mol. The van der Waals surface area contributed by atoms with Crippen LogP contribution in [0.2, 0.25) is 0 Å². The molecule has 1 saturated heterocycles. The molecule has 2 unspecified atom stereocenters. The molecular formula is C14H19N3O4S. The Morgan fingerprint density at radius 2 is 2.32 bits per heavy atom. The Morgan fingerprint density at radius 3 is 2.95 bits per heavy atom. The second-order valence-corrected chi connectivity index (χ2v) is 6.00. The number of carbonyl (C=O) groups is 3. The van der Waals surface area contributed by atoms with Crippen LogP contribution in [0.3, 0.4) is 0 Å². The molecule has 2 heterocycles. The first-order chi connectivity index (χ1) is 10.5. The number of rotatable bonds is 5. The lowest BCUT2D eigenvalue weighted by Crippen LogP contribution is -2.44. The van der Waals surface area contributed by atoms with Gasteiger partial charge in [0.05, 0.1) is 12.7 Å². The molecule has 1 aliphatic rings. The van der Waals surface area contributed by atoms with Gasteiger partial charge in [0.1, 0.15) is 11.0 Å². The maximum absolute atomic E-state index is 12.4. The fraction of sp³-hybridized carbons (Fsp3) is 0.500. The second kappa shape index (κ2) is 6.89. The van der Waals surface area contributed by atoms with Gasteiger partial charge in [0.25, 0.3) is 0 Å². The average Bonchev–Trinajstić information content (AvgIpc) is 3.13. The number of nitrogens with zero attached hydrogens (tertiary/aromatic N) is 1. The fourth-order valence-corrected chi connectivity index (χ4v) is 3.13. The quantitative estimate of drug-likeness (QED) is 0.761. The van der Waals surface area contributed by atoms with E-state index in [4.69, 9.17) is 10.5 Å². The molecule has 1 aromatic heterocycles. The number of thiophene rings is 1. The van der Waals surface area contributed by atoms with Crippen molar-refractivity contribution in [2.24, 2.45) is 11.7 Å². The van der Waals surface area contributed by atoms with Gasteiger partial charge in [-0.1, -0.05) is 6.92 Å². The maximum atomic E-state index is 12.4. The van der Waals surface area contributed by atoms with Crippen LogP contribution < -0.4 is 16.0 Å². The molecule has 7 nitrogen and oxygen atoms in total. The normalized spacial score (nSPS) is 19.1. The van der Waals surface area contributed by atoms with Crippen LogP contribution in [-0.2, 0) is 14.3 Å². The minimum absolute atomic E-state index is 0.217. The molecule has 2 atom stereocenters. The van der Waals surface area contributed by atoms with Gasteiger partial charge >= 0.3 is 5.97 Å². The first-order valence-corrected chi connectivity index (χ1v) is 7.85. The van der Waals surface area contributed by atoms with Crippen molar-refractivity contribution in [3.63, 3.8) is 0 Å². The van der Waals surface area contributed by atoms with Gasteiger partial charge in [0.15, 0.2) is 0 Å². The van der Waals surface area contributed by atoms with Crippen LogP contribution in [-0.4, -0.2) is 44.0 Å². The van der Waals surface area contributed by atoms with Crippen LogP contribution >= 0.6 is 11.3 Å². The summed E-state index contributed by atoms with van der Waals surface area (Å²) in [5, 5.41) is 5.00. The molecule has 0 spiro atoms. The largest absolute Gasteiger partial charge is 0.465 e. The number of amides is 2.